The van der Waals surface area contributed by atoms with E-state index in [1.165, 1.54) is 36.0 Å². The van der Waals surface area contributed by atoms with Crippen molar-refractivity contribution in [2.45, 2.75) is 72.3 Å². The van der Waals surface area contributed by atoms with Crippen LogP contribution in [0.3, 0.4) is 0 Å². The van der Waals surface area contributed by atoms with Gasteiger partial charge in [-0.2, -0.15) is 0 Å². The zero-order chi connectivity index (χ0) is 15.0. The first-order chi connectivity index (χ1) is 9.58. The van der Waals surface area contributed by atoms with Gasteiger partial charge in [0.05, 0.1) is 6.61 Å². The molecule has 2 N–H and O–H groups in total. The van der Waals surface area contributed by atoms with Crippen LogP contribution in [0.4, 0.5) is 0 Å². The molecule has 2 heteroatoms. The van der Waals surface area contributed by atoms with Crippen LogP contribution in [0.15, 0.2) is 12.1 Å². The van der Waals surface area contributed by atoms with Crippen molar-refractivity contribution < 1.29 is 4.74 Å². The molecule has 114 valence electrons. The van der Waals surface area contributed by atoms with Crippen LogP contribution < -0.4 is 10.5 Å². The van der Waals surface area contributed by atoms with E-state index in [1.54, 1.807) is 0 Å². The number of hydrogen-bond donors (Lipinski definition) is 1. The van der Waals surface area contributed by atoms with Crippen molar-refractivity contribution in [3.63, 3.8) is 0 Å². The van der Waals surface area contributed by atoms with Crippen LogP contribution in [0.5, 0.6) is 5.75 Å². The van der Waals surface area contributed by atoms with Crippen LogP contribution in [0.2, 0.25) is 0 Å². The van der Waals surface area contributed by atoms with E-state index in [0.29, 0.717) is 0 Å². The summed E-state index contributed by atoms with van der Waals surface area (Å²) in [4.78, 5) is 0. The van der Waals surface area contributed by atoms with E-state index < -0.39 is 0 Å². The molecule has 0 aliphatic heterocycles. The summed E-state index contributed by atoms with van der Waals surface area (Å²) < 4.78 is 5.97. The van der Waals surface area contributed by atoms with Gasteiger partial charge in [0, 0.05) is 6.04 Å². The van der Waals surface area contributed by atoms with E-state index in [1.807, 2.05) is 0 Å². The second-order valence-corrected chi connectivity index (χ2v) is 5.84. The smallest absolute Gasteiger partial charge is 0.125 e. The highest BCUT2D eigenvalue weighted by Crippen LogP contribution is 2.25. The van der Waals surface area contributed by atoms with Crippen molar-refractivity contribution in [2.75, 3.05) is 6.61 Å². The van der Waals surface area contributed by atoms with E-state index in [9.17, 15) is 0 Å². The normalized spacial score (nSPS) is 12.4. The Morgan fingerprint density at radius 1 is 1.05 bits per heavy atom. The van der Waals surface area contributed by atoms with Gasteiger partial charge < -0.3 is 10.5 Å². The highest BCUT2D eigenvalue weighted by atomic mass is 16.5. The van der Waals surface area contributed by atoms with Crippen LogP contribution in [-0.2, 0) is 6.42 Å². The summed E-state index contributed by atoms with van der Waals surface area (Å²) in [6.07, 6.45) is 6.95. The Hall–Kier alpha value is -1.02. The van der Waals surface area contributed by atoms with Crippen LogP contribution >= 0.6 is 0 Å². The lowest BCUT2D eigenvalue weighted by atomic mass is 9.99. The maximum absolute atomic E-state index is 6.04. The minimum atomic E-state index is 0.259. The molecule has 1 atom stereocenters. The van der Waals surface area contributed by atoms with Gasteiger partial charge in [-0.05, 0) is 49.8 Å². The van der Waals surface area contributed by atoms with Gasteiger partial charge >= 0.3 is 0 Å². The van der Waals surface area contributed by atoms with E-state index in [0.717, 1.165) is 31.6 Å². The quantitative estimate of drug-likeness (QED) is 0.672. The van der Waals surface area contributed by atoms with Gasteiger partial charge in [0.25, 0.3) is 0 Å². The van der Waals surface area contributed by atoms with Crippen LogP contribution in [0, 0.1) is 13.8 Å². The summed E-state index contributed by atoms with van der Waals surface area (Å²) in [5.41, 5.74) is 9.84. The molecule has 1 aromatic rings. The summed E-state index contributed by atoms with van der Waals surface area (Å²) in [5.74, 6) is 1.07. The van der Waals surface area contributed by atoms with Crippen molar-refractivity contribution in [2.24, 2.45) is 5.73 Å². The van der Waals surface area contributed by atoms with Gasteiger partial charge in [0.2, 0.25) is 0 Å². The Morgan fingerprint density at radius 3 is 2.25 bits per heavy atom. The molecule has 0 aliphatic carbocycles. The maximum atomic E-state index is 6.04. The molecular weight excluding hydrogens is 246 g/mol. The standard InChI is InChI=1S/C18H31NO/c1-5-7-8-9-10-20-18-14(3)11-16(12-15(18)4)13-17(19)6-2/h11-12,17H,5-10,13,19H2,1-4H3. The monoisotopic (exact) mass is 277 g/mol. The van der Waals surface area contributed by atoms with Gasteiger partial charge in [-0.25, -0.2) is 0 Å². The number of rotatable bonds is 9. The number of ether oxygens (including phenoxy) is 1. The molecule has 0 aliphatic rings. The van der Waals surface area contributed by atoms with E-state index in [-0.39, 0.29) is 6.04 Å². The molecule has 2 nitrogen and oxygen atoms in total. The van der Waals surface area contributed by atoms with Gasteiger partial charge in [-0.15, -0.1) is 0 Å². The molecule has 0 bridgehead atoms. The molecule has 0 saturated heterocycles. The molecule has 0 spiro atoms. The molecule has 0 radical (unpaired) electrons. The number of nitrogens with two attached hydrogens (primary N) is 1. The van der Waals surface area contributed by atoms with E-state index in [2.05, 4.69) is 39.8 Å². The van der Waals surface area contributed by atoms with E-state index >= 15 is 0 Å². The Balaban J connectivity index is 2.59. The van der Waals surface area contributed by atoms with Crippen molar-refractivity contribution in [1.82, 2.24) is 0 Å². The molecule has 0 amide bonds. The highest BCUT2D eigenvalue weighted by Gasteiger charge is 2.08. The predicted octanol–water partition coefficient (Wildman–Crippen LogP) is 4.54. The summed E-state index contributed by atoms with van der Waals surface area (Å²) in [5, 5.41) is 0. The second-order valence-electron chi connectivity index (χ2n) is 5.84. The van der Waals surface area contributed by atoms with Crippen molar-refractivity contribution in [3.05, 3.63) is 28.8 Å². The Labute approximate surface area is 124 Å². The Morgan fingerprint density at radius 2 is 1.70 bits per heavy atom. The van der Waals surface area contributed by atoms with Crippen LogP contribution in [0.25, 0.3) is 0 Å². The third-order valence-electron chi connectivity index (χ3n) is 3.79. The first kappa shape index (κ1) is 17.0. The van der Waals surface area contributed by atoms with Crippen molar-refractivity contribution in [3.8, 4) is 5.75 Å². The lowest BCUT2D eigenvalue weighted by molar-refractivity contribution is 0.301. The fourth-order valence-electron chi connectivity index (χ4n) is 2.54. The first-order valence-corrected chi connectivity index (χ1v) is 8.07. The molecule has 0 saturated carbocycles. The molecule has 1 unspecified atom stereocenters. The van der Waals surface area contributed by atoms with Crippen molar-refractivity contribution >= 4 is 0 Å². The molecule has 20 heavy (non-hydrogen) atoms. The Kier molecular flexibility index (Phi) is 7.68. The number of hydrogen-bond acceptors (Lipinski definition) is 2. The molecule has 0 heterocycles. The lowest BCUT2D eigenvalue weighted by Crippen LogP contribution is -2.21. The van der Waals surface area contributed by atoms with Crippen molar-refractivity contribution in [1.29, 1.82) is 0 Å². The predicted molar refractivity (Wildman–Crippen MR) is 87.5 cm³/mol. The van der Waals surface area contributed by atoms with Gasteiger partial charge in [-0.1, -0.05) is 45.2 Å². The second kappa shape index (κ2) is 9.02. The topological polar surface area (TPSA) is 35.2 Å². The summed E-state index contributed by atoms with van der Waals surface area (Å²) in [6.45, 7) is 9.47. The molecule has 0 fully saturated rings. The first-order valence-electron chi connectivity index (χ1n) is 8.07. The SMILES string of the molecule is CCCCCCOc1c(C)cc(CC(N)CC)cc1C. The lowest BCUT2D eigenvalue weighted by Gasteiger charge is -2.15. The molecular formula is C18H31NO. The number of aryl methyl sites for hydroxylation is 2. The average molecular weight is 277 g/mol. The number of benzene rings is 1. The van der Waals surface area contributed by atoms with Crippen LogP contribution in [0.1, 0.15) is 62.6 Å². The van der Waals surface area contributed by atoms with Crippen LogP contribution in [-0.4, -0.2) is 12.6 Å². The zero-order valence-corrected chi connectivity index (χ0v) is 13.7. The minimum absolute atomic E-state index is 0.259. The zero-order valence-electron chi connectivity index (χ0n) is 13.7. The fraction of sp³-hybridized carbons (Fsp3) is 0.667. The highest BCUT2D eigenvalue weighted by molar-refractivity contribution is 5.43. The minimum Gasteiger partial charge on any atom is -0.493 e. The third-order valence-corrected chi connectivity index (χ3v) is 3.79. The van der Waals surface area contributed by atoms with Gasteiger partial charge in [0.15, 0.2) is 0 Å². The largest absolute Gasteiger partial charge is 0.493 e. The number of unbranched alkanes of at least 4 members (excludes halogenated alkanes) is 3. The average Bonchev–Trinajstić information content (AvgIpc) is 2.41. The Bertz CT molecular complexity index is 377. The van der Waals surface area contributed by atoms with Gasteiger partial charge in [0.1, 0.15) is 5.75 Å². The summed E-state index contributed by atoms with van der Waals surface area (Å²) in [7, 11) is 0. The molecule has 0 aromatic heterocycles. The fourth-order valence-corrected chi connectivity index (χ4v) is 2.54. The third kappa shape index (κ3) is 5.54. The summed E-state index contributed by atoms with van der Waals surface area (Å²) >= 11 is 0. The maximum Gasteiger partial charge on any atom is 0.125 e. The van der Waals surface area contributed by atoms with E-state index in [4.69, 9.17) is 10.5 Å². The molecule has 1 rings (SSSR count). The van der Waals surface area contributed by atoms with Gasteiger partial charge in [-0.3, -0.25) is 0 Å². The summed E-state index contributed by atoms with van der Waals surface area (Å²) in [6, 6.07) is 4.71. The molecule has 1 aromatic carbocycles.